The Morgan fingerprint density at radius 3 is 0.684 bits per heavy atom. The van der Waals surface area contributed by atoms with Crippen molar-refractivity contribution in [2.45, 2.75) is 11.0 Å². The van der Waals surface area contributed by atoms with Gasteiger partial charge in [0.05, 0.1) is 0 Å². The Kier molecular flexibility index (Phi) is 37.8. The zero-order chi connectivity index (χ0) is 44.4. The second kappa shape index (κ2) is 34.9. The smallest absolute Gasteiger partial charge is 0.741 e. The van der Waals surface area contributed by atoms with Crippen LogP contribution in [-0.2, 0) is 20.2 Å². The maximum Gasteiger partial charge on any atom is 2.00 e. The molecule has 29 heteroatoms. The molecule has 0 unspecified atom stereocenters. The molecule has 0 aliphatic heterocycles. The second-order valence-electron chi connectivity index (χ2n) is 7.90. The number of carbonyl (C=O) groups excluding carboxylic acids is 2. The largest absolute Gasteiger partial charge is 2.00 e. The standard InChI is InChI=1S/2C11H10N4O.2CHF3O3S.4CH4O.Ca/c2*16-11(14-9-1-5-12-6-2-9)15-10-3-7-13-8-4-10;2*2-1(3,4)8(5,6)7;4*1-2;/h2*1-8H,(H2,12,13,14,15,16);2*(H,5,6,7);4*2H,1H3;/q;;;;;;;;+2/p-2. The molecule has 4 rings (SSSR count). The molecule has 0 spiro atoms. The summed E-state index contributed by atoms with van der Waals surface area (Å²) in [5.74, 6) is 0. The summed E-state index contributed by atoms with van der Waals surface area (Å²) in [6.07, 6.45) is 12.9. The van der Waals surface area contributed by atoms with Crippen molar-refractivity contribution in [3.63, 3.8) is 0 Å². The van der Waals surface area contributed by atoms with Gasteiger partial charge in [-0.3, -0.25) is 19.9 Å². The minimum atomic E-state index is -6.09. The molecular formula is C28H36CaF6N8O12S2. The number of hydrogen-bond acceptors (Lipinski definition) is 16. The number of pyridine rings is 4. The van der Waals surface area contributed by atoms with Gasteiger partial charge >= 0.3 is 60.8 Å². The number of urea groups is 2. The van der Waals surface area contributed by atoms with Gasteiger partial charge in [-0.1, -0.05) is 0 Å². The first-order valence-corrected chi connectivity index (χ1v) is 16.6. The number of nitrogens with zero attached hydrogens (tertiary/aromatic N) is 4. The average Bonchev–Trinajstić information content (AvgIpc) is 3.16. The molecule has 4 heterocycles. The van der Waals surface area contributed by atoms with E-state index in [0.29, 0.717) is 22.7 Å². The van der Waals surface area contributed by atoms with E-state index in [9.17, 15) is 35.9 Å². The molecule has 0 aromatic carbocycles. The molecule has 0 aliphatic rings. The van der Waals surface area contributed by atoms with Crippen LogP contribution in [0.25, 0.3) is 0 Å². The number of aromatic nitrogens is 4. The Labute approximate surface area is 352 Å². The van der Waals surface area contributed by atoms with Gasteiger partial charge in [0.1, 0.15) is 0 Å². The number of carbonyl (C=O) groups is 2. The van der Waals surface area contributed by atoms with Crippen LogP contribution in [0.2, 0.25) is 0 Å². The van der Waals surface area contributed by atoms with E-state index in [1.807, 2.05) is 0 Å². The van der Waals surface area contributed by atoms with E-state index >= 15 is 0 Å². The van der Waals surface area contributed by atoms with Gasteiger partial charge in [-0.15, -0.1) is 0 Å². The second-order valence-corrected chi connectivity index (χ2v) is 10.6. The van der Waals surface area contributed by atoms with Gasteiger partial charge in [-0.2, -0.15) is 26.3 Å². The quantitative estimate of drug-likeness (QED) is 0.0631. The number of aliphatic hydroxyl groups is 4. The van der Waals surface area contributed by atoms with Gasteiger partial charge in [0.25, 0.3) is 0 Å². The van der Waals surface area contributed by atoms with E-state index in [-0.39, 0.29) is 49.8 Å². The molecular weight excluding hydrogens is 859 g/mol. The van der Waals surface area contributed by atoms with E-state index in [1.165, 1.54) is 0 Å². The predicted octanol–water partition coefficient (Wildman–Crippen LogP) is 2.40. The van der Waals surface area contributed by atoms with Crippen LogP contribution in [0, 0.1) is 0 Å². The molecule has 20 nitrogen and oxygen atoms in total. The van der Waals surface area contributed by atoms with Crippen molar-refractivity contribution in [2.75, 3.05) is 49.7 Å². The van der Waals surface area contributed by atoms with Crippen LogP contribution in [0.1, 0.15) is 0 Å². The van der Waals surface area contributed by atoms with Crippen molar-refractivity contribution in [3.05, 3.63) is 98.1 Å². The number of alkyl halides is 6. The van der Waals surface area contributed by atoms with Gasteiger partial charge < -0.3 is 50.8 Å². The van der Waals surface area contributed by atoms with Gasteiger partial charge in [0.2, 0.25) is 0 Å². The Balaban J connectivity index is -0.000000206. The summed E-state index contributed by atoms with van der Waals surface area (Å²) >= 11 is 0. The van der Waals surface area contributed by atoms with Gasteiger partial charge in [-0.25, -0.2) is 26.4 Å². The summed E-state index contributed by atoms with van der Waals surface area (Å²) in [6, 6.07) is 13.1. The van der Waals surface area contributed by atoms with Gasteiger partial charge in [-0.05, 0) is 48.5 Å². The summed E-state index contributed by atoms with van der Waals surface area (Å²) < 4.78 is 118. The van der Waals surface area contributed by atoms with E-state index in [1.54, 1.807) is 98.1 Å². The first kappa shape index (κ1) is 61.9. The molecule has 0 bridgehead atoms. The van der Waals surface area contributed by atoms with Gasteiger partial charge in [0, 0.05) is 101 Å². The van der Waals surface area contributed by atoms with Crippen molar-refractivity contribution in [2.24, 2.45) is 0 Å². The molecule has 0 saturated heterocycles. The summed E-state index contributed by atoms with van der Waals surface area (Å²) in [4.78, 5) is 38.5. The van der Waals surface area contributed by atoms with E-state index < -0.39 is 31.3 Å². The van der Waals surface area contributed by atoms with Crippen LogP contribution in [0.15, 0.2) is 98.1 Å². The molecule has 4 aromatic rings. The van der Waals surface area contributed by atoms with E-state index in [2.05, 4.69) is 41.2 Å². The molecule has 0 radical (unpaired) electrons. The first-order valence-electron chi connectivity index (χ1n) is 13.8. The maximum atomic E-state index is 11.5. The molecule has 0 atom stereocenters. The monoisotopic (exact) mass is 894 g/mol. The molecule has 57 heavy (non-hydrogen) atoms. The Morgan fingerprint density at radius 2 is 0.579 bits per heavy atom. The summed E-state index contributed by atoms with van der Waals surface area (Å²) in [5, 5.41) is 38.7. The van der Waals surface area contributed by atoms with Crippen LogP contribution in [0.3, 0.4) is 0 Å². The van der Waals surface area contributed by atoms with E-state index in [0.717, 1.165) is 28.4 Å². The zero-order valence-electron chi connectivity index (χ0n) is 29.9. The van der Waals surface area contributed by atoms with E-state index in [4.69, 9.17) is 46.4 Å². The first-order chi connectivity index (χ1) is 26.2. The molecule has 0 aliphatic carbocycles. The third-order valence-electron chi connectivity index (χ3n) is 4.32. The SMILES string of the molecule is CO.CO.CO.CO.O=C(Nc1ccncc1)Nc1ccncc1.O=C(Nc1ccncc1)Nc1ccncc1.O=S(=O)([O-])C(F)(F)F.O=S(=O)([O-])C(F)(F)F.[Ca+2]. The minimum Gasteiger partial charge on any atom is -0.741 e. The normalized spacial score (nSPS) is 9.68. The van der Waals surface area contributed by atoms with Crippen LogP contribution in [-0.4, -0.2) is 156 Å². The van der Waals surface area contributed by atoms with Crippen molar-refractivity contribution in [3.8, 4) is 0 Å². The number of anilines is 4. The number of hydrogen-bond donors (Lipinski definition) is 8. The topological polar surface area (TPSA) is 329 Å². The fraction of sp³-hybridized carbons (Fsp3) is 0.214. The van der Waals surface area contributed by atoms with Crippen molar-refractivity contribution < 1.29 is 82.3 Å². The molecule has 316 valence electrons. The maximum absolute atomic E-state index is 11.5. The zero-order valence-corrected chi connectivity index (χ0v) is 33.7. The van der Waals surface area contributed by atoms with Crippen LogP contribution in [0.5, 0.6) is 0 Å². The van der Waals surface area contributed by atoms with Gasteiger partial charge in [0.15, 0.2) is 20.2 Å². The molecule has 4 amide bonds. The summed E-state index contributed by atoms with van der Waals surface area (Å²) in [6.45, 7) is 0. The predicted molar refractivity (Wildman–Crippen MR) is 192 cm³/mol. The summed E-state index contributed by atoms with van der Waals surface area (Å²) in [5.41, 5.74) is -8.51. The fourth-order valence-corrected chi connectivity index (χ4v) is 2.33. The summed E-state index contributed by atoms with van der Waals surface area (Å²) in [7, 11) is -8.18. The number of amides is 4. The van der Waals surface area contributed by atoms with Crippen LogP contribution >= 0.6 is 0 Å². The van der Waals surface area contributed by atoms with Crippen molar-refractivity contribution >= 4 is 92.8 Å². The molecule has 0 fully saturated rings. The fourth-order valence-electron chi connectivity index (χ4n) is 2.33. The molecule has 4 aromatic heterocycles. The number of aliphatic hydroxyl groups excluding tert-OH is 4. The number of halogens is 6. The molecule has 8 N–H and O–H groups in total. The third kappa shape index (κ3) is 33.5. The average molecular weight is 895 g/mol. The number of rotatable bonds is 4. The minimum absolute atomic E-state index is 0. The Hall–Kier alpha value is -4.36. The Bertz CT molecular complexity index is 1580. The van der Waals surface area contributed by atoms with Crippen LogP contribution in [0.4, 0.5) is 58.7 Å². The number of nitrogens with one attached hydrogen (secondary N) is 4. The Morgan fingerprint density at radius 1 is 0.456 bits per heavy atom. The third-order valence-corrected chi connectivity index (χ3v) is 5.45. The van der Waals surface area contributed by atoms with Crippen molar-refractivity contribution in [1.29, 1.82) is 0 Å². The molecule has 0 saturated carbocycles. The van der Waals surface area contributed by atoms with Crippen LogP contribution < -0.4 is 21.3 Å². The van der Waals surface area contributed by atoms with Crippen molar-refractivity contribution in [1.82, 2.24) is 19.9 Å².